The Balaban J connectivity index is 1.68. The zero-order chi connectivity index (χ0) is 18.9. The van der Waals surface area contributed by atoms with Gasteiger partial charge in [-0.2, -0.15) is 0 Å². The van der Waals surface area contributed by atoms with E-state index in [-0.39, 0.29) is 0 Å². The van der Waals surface area contributed by atoms with E-state index in [9.17, 15) is 5.11 Å². The third kappa shape index (κ3) is 2.44. The Bertz CT molecular complexity index is 659. The Morgan fingerprint density at radius 3 is 2.46 bits per heavy atom. The molecule has 2 nitrogen and oxygen atoms in total. The summed E-state index contributed by atoms with van der Waals surface area (Å²) in [5, 5.41) is 11.1. The Kier molecular flexibility index (Phi) is 4.29. The number of aliphatic hydroxyl groups is 1. The van der Waals surface area contributed by atoms with Crippen LogP contribution in [0.1, 0.15) is 79.1 Å². The van der Waals surface area contributed by atoms with Gasteiger partial charge >= 0.3 is 0 Å². The molecule has 1 unspecified atom stereocenters. The van der Waals surface area contributed by atoms with Crippen molar-refractivity contribution in [3.05, 3.63) is 22.8 Å². The minimum atomic E-state index is -0.596. The van der Waals surface area contributed by atoms with Crippen molar-refractivity contribution in [3.63, 3.8) is 0 Å². The summed E-state index contributed by atoms with van der Waals surface area (Å²) < 4.78 is 0. The van der Waals surface area contributed by atoms with E-state index in [1.807, 2.05) is 14.1 Å². The summed E-state index contributed by atoms with van der Waals surface area (Å²) in [5.74, 6) is 2.23. The Labute approximate surface area is 160 Å². The second-order valence-electron chi connectivity index (χ2n) is 10.8. The number of hydrogen-bond acceptors (Lipinski definition) is 2. The van der Waals surface area contributed by atoms with Crippen LogP contribution < -0.4 is 0 Å². The van der Waals surface area contributed by atoms with E-state index >= 15 is 0 Å². The Morgan fingerprint density at radius 1 is 1.08 bits per heavy atom. The molecule has 0 saturated heterocycles. The van der Waals surface area contributed by atoms with E-state index in [0.29, 0.717) is 16.7 Å². The Morgan fingerprint density at radius 2 is 1.81 bits per heavy atom. The van der Waals surface area contributed by atoms with Gasteiger partial charge in [0.15, 0.2) is 0 Å². The summed E-state index contributed by atoms with van der Waals surface area (Å²) in [5.41, 5.74) is 5.38. The molecule has 1 saturated carbocycles. The lowest BCUT2D eigenvalue weighted by Crippen LogP contribution is -2.54. The molecule has 4 aliphatic carbocycles. The van der Waals surface area contributed by atoms with Gasteiger partial charge in [0.25, 0.3) is 0 Å². The molecule has 0 spiro atoms. The van der Waals surface area contributed by atoms with Crippen LogP contribution >= 0.6 is 0 Å². The van der Waals surface area contributed by atoms with Crippen LogP contribution in [0.2, 0.25) is 0 Å². The zero-order valence-corrected chi connectivity index (χ0v) is 17.9. The molecule has 0 aliphatic heterocycles. The average Bonchev–Trinajstić information content (AvgIpc) is 2.93. The minimum Gasteiger partial charge on any atom is -0.376 e. The topological polar surface area (TPSA) is 23.5 Å². The molecule has 0 heterocycles. The van der Waals surface area contributed by atoms with Gasteiger partial charge in [-0.15, -0.1) is 0 Å². The molecule has 1 N–H and O–H groups in total. The van der Waals surface area contributed by atoms with Crippen molar-refractivity contribution in [3.8, 4) is 0 Å². The van der Waals surface area contributed by atoms with Crippen LogP contribution in [0.3, 0.4) is 0 Å². The molecule has 0 amide bonds. The van der Waals surface area contributed by atoms with E-state index < -0.39 is 5.72 Å². The van der Waals surface area contributed by atoms with E-state index in [2.05, 4.69) is 38.7 Å². The number of rotatable bonds is 2. The SMILES string of the molecule is CC(C)[C@H]1CC=C2C3=C(CC[C@@]21C)[C@@]1(C)CC[C@@](O)(N(C)C)CC1CC3. The lowest BCUT2D eigenvalue weighted by molar-refractivity contribution is -0.145. The Hall–Kier alpha value is -0.600. The van der Waals surface area contributed by atoms with Gasteiger partial charge in [0.05, 0.1) is 0 Å². The summed E-state index contributed by atoms with van der Waals surface area (Å²) in [6.45, 7) is 9.91. The van der Waals surface area contributed by atoms with Crippen LogP contribution in [0, 0.1) is 28.6 Å². The smallest absolute Gasteiger partial charge is 0.118 e. The van der Waals surface area contributed by atoms with Gasteiger partial charge in [-0.25, -0.2) is 0 Å². The van der Waals surface area contributed by atoms with E-state index in [1.54, 1.807) is 16.7 Å². The van der Waals surface area contributed by atoms with Crippen molar-refractivity contribution >= 4 is 0 Å². The van der Waals surface area contributed by atoms with E-state index in [4.69, 9.17) is 0 Å². The predicted octanol–water partition coefficient (Wildman–Crippen LogP) is 5.54. The highest BCUT2D eigenvalue weighted by atomic mass is 16.3. The maximum atomic E-state index is 11.1. The first kappa shape index (κ1) is 18.7. The van der Waals surface area contributed by atoms with Crippen LogP contribution in [0.4, 0.5) is 0 Å². The molecule has 0 aromatic carbocycles. The van der Waals surface area contributed by atoms with Gasteiger partial charge in [-0.1, -0.05) is 39.3 Å². The molecule has 0 radical (unpaired) electrons. The largest absolute Gasteiger partial charge is 0.376 e. The third-order valence-electron chi connectivity index (χ3n) is 9.18. The minimum absolute atomic E-state index is 0.313. The highest BCUT2D eigenvalue weighted by Gasteiger charge is 2.54. The molecule has 0 aromatic rings. The summed E-state index contributed by atoms with van der Waals surface area (Å²) in [6.07, 6.45) is 12.0. The van der Waals surface area contributed by atoms with E-state index in [0.717, 1.165) is 31.1 Å². The second kappa shape index (κ2) is 5.95. The van der Waals surface area contributed by atoms with Crippen molar-refractivity contribution in [1.29, 1.82) is 0 Å². The maximum Gasteiger partial charge on any atom is 0.118 e. The highest BCUT2D eigenvalue weighted by molar-refractivity contribution is 5.49. The van der Waals surface area contributed by atoms with Gasteiger partial charge in [0.2, 0.25) is 0 Å². The molecular formula is C24H39NO. The normalized spacial score (nSPS) is 45.5. The van der Waals surface area contributed by atoms with Gasteiger partial charge in [-0.05, 0) is 105 Å². The molecular weight excluding hydrogens is 318 g/mol. The fraction of sp³-hybridized carbons (Fsp3) is 0.833. The van der Waals surface area contributed by atoms with Crippen LogP contribution in [0.15, 0.2) is 22.8 Å². The first-order chi connectivity index (χ1) is 12.1. The van der Waals surface area contributed by atoms with Crippen LogP contribution in [-0.4, -0.2) is 29.8 Å². The predicted molar refractivity (Wildman–Crippen MR) is 109 cm³/mol. The molecule has 4 rings (SSSR count). The zero-order valence-electron chi connectivity index (χ0n) is 17.9. The number of allylic oxidation sites excluding steroid dienone is 4. The molecule has 0 aromatic heterocycles. The van der Waals surface area contributed by atoms with Crippen LogP contribution in [0.25, 0.3) is 0 Å². The standard InChI is InChI=1S/C24H39NO/c1-16(2)19-9-10-20-18-8-7-17-15-24(26,25(5)6)14-13-22(17,3)21(18)11-12-23(19,20)4/h10,16-17,19,26H,7-9,11-15H2,1-6H3/t17?,19-,22+,23-,24+/m1/s1. The highest BCUT2D eigenvalue weighted by Crippen LogP contribution is 2.64. The van der Waals surface area contributed by atoms with Gasteiger partial charge in [0, 0.05) is 0 Å². The van der Waals surface area contributed by atoms with E-state index in [1.165, 1.54) is 32.1 Å². The number of nitrogens with zero attached hydrogens (tertiary/aromatic N) is 1. The second-order valence-corrected chi connectivity index (χ2v) is 10.8. The summed E-state index contributed by atoms with van der Waals surface area (Å²) in [7, 11) is 4.08. The number of hydrogen-bond donors (Lipinski definition) is 1. The van der Waals surface area contributed by atoms with Crippen molar-refractivity contribution < 1.29 is 5.11 Å². The van der Waals surface area contributed by atoms with Crippen LogP contribution in [0.5, 0.6) is 0 Å². The molecule has 5 atom stereocenters. The lowest BCUT2D eigenvalue weighted by atomic mass is 9.51. The summed E-state index contributed by atoms with van der Waals surface area (Å²) in [6, 6.07) is 0. The molecule has 26 heavy (non-hydrogen) atoms. The first-order valence-corrected chi connectivity index (χ1v) is 11.0. The van der Waals surface area contributed by atoms with Gasteiger partial charge in [-0.3, -0.25) is 4.90 Å². The molecule has 0 bridgehead atoms. The van der Waals surface area contributed by atoms with Crippen molar-refractivity contribution in [2.24, 2.45) is 28.6 Å². The molecule has 146 valence electrons. The quantitative estimate of drug-likeness (QED) is 0.656. The average molecular weight is 358 g/mol. The first-order valence-electron chi connectivity index (χ1n) is 11.0. The fourth-order valence-corrected chi connectivity index (χ4v) is 7.28. The van der Waals surface area contributed by atoms with Gasteiger partial charge < -0.3 is 5.11 Å². The summed E-state index contributed by atoms with van der Waals surface area (Å²) in [4.78, 5) is 2.06. The maximum absolute atomic E-state index is 11.1. The molecule has 2 heteroatoms. The van der Waals surface area contributed by atoms with Crippen molar-refractivity contribution in [1.82, 2.24) is 4.90 Å². The monoisotopic (exact) mass is 357 g/mol. The third-order valence-corrected chi connectivity index (χ3v) is 9.18. The number of fused-ring (bicyclic) bond motifs is 4. The molecule has 4 aliphatic rings. The summed E-state index contributed by atoms with van der Waals surface area (Å²) >= 11 is 0. The van der Waals surface area contributed by atoms with Crippen LogP contribution in [-0.2, 0) is 0 Å². The lowest BCUT2D eigenvalue weighted by Gasteiger charge is -2.56. The van der Waals surface area contributed by atoms with Crippen molar-refractivity contribution in [2.45, 2.75) is 84.8 Å². The van der Waals surface area contributed by atoms with Crippen molar-refractivity contribution in [2.75, 3.05) is 14.1 Å². The molecule has 1 fully saturated rings. The van der Waals surface area contributed by atoms with Gasteiger partial charge in [0.1, 0.15) is 5.72 Å². The fourth-order valence-electron chi connectivity index (χ4n) is 7.28.